The van der Waals surface area contributed by atoms with Crippen LogP contribution in [0.2, 0.25) is 19.6 Å². The fraction of sp³-hybridized carbons (Fsp3) is 1.00. The van der Waals surface area contributed by atoms with Gasteiger partial charge in [-0.15, -0.1) is 23.2 Å². The average molecular weight is 251 g/mol. The second-order valence-electron chi connectivity index (χ2n) is 3.26. The van der Waals surface area contributed by atoms with Crippen LogP contribution >= 0.6 is 29.5 Å². The van der Waals surface area contributed by atoms with E-state index in [0.717, 1.165) is 0 Å². The van der Waals surface area contributed by atoms with E-state index in [4.69, 9.17) is 39.2 Å². The monoisotopic (exact) mass is 250 g/mol. The zero-order valence-corrected chi connectivity index (χ0v) is 11.2. The highest BCUT2D eigenvalue weighted by Gasteiger charge is 2.24. The van der Waals surface area contributed by atoms with Crippen LogP contribution in [-0.2, 0) is 16.0 Å². The van der Waals surface area contributed by atoms with Gasteiger partial charge in [-0.2, -0.15) is 0 Å². The molecular weight excluding hydrogens is 238 g/mol. The highest BCUT2D eigenvalue weighted by molar-refractivity contribution is 8.13. The molecular formula is C5H13Cl2OPSSi. The molecule has 1 nitrogen and oxygen atoms in total. The summed E-state index contributed by atoms with van der Waals surface area (Å²) in [5.41, 5.74) is 0.770. The van der Waals surface area contributed by atoms with Crippen molar-refractivity contribution in [2.45, 2.75) is 19.6 Å². The van der Waals surface area contributed by atoms with Crippen molar-refractivity contribution in [2.24, 2.45) is 0 Å². The summed E-state index contributed by atoms with van der Waals surface area (Å²) in [7, 11) is -1.56. The van der Waals surface area contributed by atoms with Crippen LogP contribution in [0.1, 0.15) is 0 Å². The third-order valence-electron chi connectivity index (χ3n) is 0.804. The second-order valence-corrected chi connectivity index (χ2v) is 13.8. The van der Waals surface area contributed by atoms with Crippen LogP contribution in [0.15, 0.2) is 0 Å². The summed E-state index contributed by atoms with van der Waals surface area (Å²) in [6.07, 6.45) is -1.88. The van der Waals surface area contributed by atoms with E-state index in [1.165, 1.54) is 0 Å². The van der Waals surface area contributed by atoms with Gasteiger partial charge in [0, 0.05) is 0 Å². The van der Waals surface area contributed by atoms with Crippen LogP contribution in [0.3, 0.4) is 0 Å². The lowest BCUT2D eigenvalue weighted by molar-refractivity contribution is 0.622. The molecule has 11 heavy (non-hydrogen) atoms. The topological polar surface area (TPSA) is 9.23 Å². The lowest BCUT2D eigenvalue weighted by atomic mass is 11.8. The van der Waals surface area contributed by atoms with Gasteiger partial charge in [0.2, 0.25) is 0 Å². The Labute approximate surface area is 84.6 Å². The van der Waals surface area contributed by atoms with Crippen molar-refractivity contribution in [3.05, 3.63) is 0 Å². The van der Waals surface area contributed by atoms with E-state index in [-0.39, 0.29) is 0 Å². The van der Waals surface area contributed by atoms with Gasteiger partial charge in [-0.05, 0) is 19.6 Å². The first-order chi connectivity index (χ1) is 4.83. The van der Waals surface area contributed by atoms with E-state index in [1.54, 1.807) is 0 Å². The first-order valence-corrected chi connectivity index (χ1v) is 10.8. The van der Waals surface area contributed by atoms with Crippen molar-refractivity contribution in [1.29, 1.82) is 0 Å². The zero-order chi connectivity index (χ0) is 9.12. The Bertz CT molecular complexity index is 162. The molecule has 0 aliphatic rings. The first-order valence-electron chi connectivity index (χ1n) is 3.24. The van der Waals surface area contributed by atoms with Gasteiger partial charge in [-0.25, -0.2) is 0 Å². The Morgan fingerprint density at radius 1 is 1.27 bits per heavy atom. The molecule has 0 aromatic carbocycles. The van der Waals surface area contributed by atoms with E-state index < -0.39 is 14.6 Å². The number of hydrogen-bond acceptors (Lipinski definition) is 2. The number of hydrogen-bond donors (Lipinski definition) is 0. The normalized spacial score (nSPS) is 13.5. The van der Waals surface area contributed by atoms with Crippen molar-refractivity contribution in [2.75, 3.05) is 11.2 Å². The van der Waals surface area contributed by atoms with Crippen molar-refractivity contribution in [3.8, 4) is 0 Å². The van der Waals surface area contributed by atoms with Crippen LogP contribution < -0.4 is 0 Å². The molecule has 0 atom stereocenters. The molecule has 0 saturated carbocycles. The van der Waals surface area contributed by atoms with Crippen molar-refractivity contribution in [3.63, 3.8) is 0 Å². The molecule has 0 aliphatic carbocycles. The standard InChI is InChI=1S/C5H13Cl2OPSSi/c1-11(2,3)8-9(10,4-6)5-7/h4-5H2,1-3H3. The Morgan fingerprint density at radius 3 is 1.73 bits per heavy atom. The van der Waals surface area contributed by atoms with Crippen LogP contribution in [0, 0.1) is 0 Å². The van der Waals surface area contributed by atoms with E-state index in [0.29, 0.717) is 11.2 Å². The minimum Gasteiger partial charge on any atom is -0.388 e. The van der Waals surface area contributed by atoms with Gasteiger partial charge >= 0.3 is 0 Å². The van der Waals surface area contributed by atoms with Crippen molar-refractivity contribution < 1.29 is 4.21 Å². The van der Waals surface area contributed by atoms with Gasteiger partial charge in [0.1, 0.15) is 0 Å². The molecule has 0 radical (unpaired) electrons. The fourth-order valence-corrected chi connectivity index (χ4v) is 8.68. The van der Waals surface area contributed by atoms with E-state index in [9.17, 15) is 0 Å². The lowest BCUT2D eigenvalue weighted by Crippen LogP contribution is -2.24. The maximum Gasteiger partial charge on any atom is 0.189 e. The van der Waals surface area contributed by atoms with Gasteiger partial charge in [-0.3, -0.25) is 0 Å². The maximum absolute atomic E-state index is 5.72. The number of rotatable bonds is 4. The van der Waals surface area contributed by atoms with Gasteiger partial charge in [0.05, 0.1) is 17.5 Å². The third-order valence-corrected chi connectivity index (χ3v) is 9.67. The molecule has 0 aromatic rings. The zero-order valence-electron chi connectivity index (χ0n) is 6.93. The molecule has 0 aromatic heterocycles. The summed E-state index contributed by atoms with van der Waals surface area (Å²) in [6, 6.07) is 0. The molecule has 0 heterocycles. The maximum atomic E-state index is 5.72. The molecule has 0 N–H and O–H groups in total. The Hall–Kier alpha value is 1.41. The molecule has 0 bridgehead atoms. The van der Waals surface area contributed by atoms with Crippen molar-refractivity contribution in [1.82, 2.24) is 0 Å². The molecule has 6 heteroatoms. The molecule has 0 amide bonds. The highest BCUT2D eigenvalue weighted by Crippen LogP contribution is 2.51. The predicted octanol–water partition coefficient (Wildman–Crippen LogP) is 3.63. The quantitative estimate of drug-likeness (QED) is 0.428. The van der Waals surface area contributed by atoms with Crippen molar-refractivity contribution >= 4 is 49.6 Å². The predicted molar refractivity (Wildman–Crippen MR) is 60.2 cm³/mol. The van der Waals surface area contributed by atoms with Crippen LogP contribution in [0.5, 0.6) is 0 Å². The largest absolute Gasteiger partial charge is 0.388 e. The Balaban J connectivity index is 4.21. The fourth-order valence-electron chi connectivity index (χ4n) is 0.580. The summed E-state index contributed by atoms with van der Waals surface area (Å²) in [5.74, 6) is 0. The Morgan fingerprint density at radius 2 is 1.64 bits per heavy atom. The van der Waals surface area contributed by atoms with Gasteiger partial charge in [0.25, 0.3) is 0 Å². The summed E-state index contributed by atoms with van der Waals surface area (Å²) in [6.45, 7) is 6.27. The molecule has 0 unspecified atom stereocenters. The summed E-state index contributed by atoms with van der Waals surface area (Å²) in [5, 5.41) is 0. The van der Waals surface area contributed by atoms with Crippen LogP contribution in [0.25, 0.3) is 0 Å². The summed E-state index contributed by atoms with van der Waals surface area (Å²) in [4.78, 5) is 0. The van der Waals surface area contributed by atoms with E-state index >= 15 is 0 Å². The van der Waals surface area contributed by atoms with Crippen LogP contribution in [0.4, 0.5) is 0 Å². The van der Waals surface area contributed by atoms with Gasteiger partial charge in [-0.1, -0.05) is 11.8 Å². The summed E-state index contributed by atoms with van der Waals surface area (Å²) >= 11 is 16.6. The number of alkyl halides is 2. The van der Waals surface area contributed by atoms with Gasteiger partial charge < -0.3 is 4.21 Å². The molecule has 0 fully saturated rings. The van der Waals surface area contributed by atoms with E-state index in [2.05, 4.69) is 19.6 Å². The summed E-state index contributed by atoms with van der Waals surface area (Å²) < 4.78 is 5.72. The molecule has 0 spiro atoms. The SMILES string of the molecule is C[Si](C)(C)OP(=S)(CCl)CCl. The second kappa shape index (κ2) is 4.59. The van der Waals surface area contributed by atoms with Gasteiger partial charge in [0.15, 0.2) is 8.32 Å². The highest BCUT2D eigenvalue weighted by atomic mass is 35.5. The average Bonchev–Trinajstić information content (AvgIpc) is 1.84. The molecule has 0 aliphatic heterocycles. The minimum absolute atomic E-state index is 0.385. The van der Waals surface area contributed by atoms with Crippen LogP contribution in [-0.4, -0.2) is 19.6 Å². The molecule has 0 rings (SSSR count). The Kier molecular flexibility index (Phi) is 5.18. The first kappa shape index (κ1) is 12.4. The number of halogens is 2. The molecule has 68 valence electrons. The van der Waals surface area contributed by atoms with E-state index in [1.807, 2.05) is 0 Å². The molecule has 0 saturated heterocycles. The minimum atomic E-state index is -1.88. The smallest absolute Gasteiger partial charge is 0.189 e. The lowest BCUT2D eigenvalue weighted by Gasteiger charge is -2.26. The third kappa shape index (κ3) is 5.62.